The van der Waals surface area contributed by atoms with Crippen LogP contribution in [0.4, 0.5) is 5.95 Å². The van der Waals surface area contributed by atoms with E-state index in [4.69, 9.17) is 4.74 Å². The van der Waals surface area contributed by atoms with E-state index in [-0.39, 0.29) is 5.75 Å². The number of morpholine rings is 1. The number of hydrogen-bond donors (Lipinski definition) is 0. The number of nitrogens with zero attached hydrogens (tertiary/aromatic N) is 4. The number of ether oxygens (including phenoxy) is 1. The first-order valence-electron chi connectivity index (χ1n) is 7.68. The van der Waals surface area contributed by atoms with Crippen molar-refractivity contribution in [1.82, 2.24) is 14.3 Å². The van der Waals surface area contributed by atoms with E-state index >= 15 is 0 Å². The van der Waals surface area contributed by atoms with Crippen molar-refractivity contribution in [3.8, 4) is 0 Å². The topological polar surface area (TPSA) is 75.6 Å². The van der Waals surface area contributed by atoms with Crippen LogP contribution in [0.2, 0.25) is 0 Å². The molecule has 0 unspecified atom stereocenters. The van der Waals surface area contributed by atoms with Crippen molar-refractivity contribution < 1.29 is 13.2 Å². The Labute approximate surface area is 131 Å². The van der Waals surface area contributed by atoms with Crippen molar-refractivity contribution >= 4 is 16.0 Å². The first-order valence-corrected chi connectivity index (χ1v) is 9.29. The van der Waals surface area contributed by atoms with Crippen molar-refractivity contribution in [3.05, 3.63) is 18.5 Å². The summed E-state index contributed by atoms with van der Waals surface area (Å²) in [6, 6.07) is 1.79. The lowest BCUT2D eigenvalue weighted by Gasteiger charge is -2.47. The Balaban J connectivity index is 1.78. The monoisotopic (exact) mass is 326 g/mol. The van der Waals surface area contributed by atoms with Gasteiger partial charge in [0.1, 0.15) is 0 Å². The van der Waals surface area contributed by atoms with E-state index in [1.165, 1.54) is 0 Å². The molecule has 7 nitrogen and oxygen atoms in total. The maximum atomic E-state index is 12.2. The van der Waals surface area contributed by atoms with E-state index in [1.807, 2.05) is 0 Å². The van der Waals surface area contributed by atoms with Crippen LogP contribution in [0.15, 0.2) is 18.5 Å². The SMILES string of the molecule is CCS(=O)(=O)N1CCO[C@@]2(CCCN(c3ncccn3)C2)C1. The number of hydrogen-bond acceptors (Lipinski definition) is 6. The molecule has 8 heteroatoms. The summed E-state index contributed by atoms with van der Waals surface area (Å²) in [6.45, 7) is 4.50. The highest BCUT2D eigenvalue weighted by Crippen LogP contribution is 2.31. The molecule has 0 saturated carbocycles. The van der Waals surface area contributed by atoms with Crippen LogP contribution in [0, 0.1) is 0 Å². The second-order valence-corrected chi connectivity index (χ2v) is 8.10. The predicted molar refractivity (Wildman–Crippen MR) is 83.2 cm³/mol. The Bertz CT molecular complexity index is 606. The molecule has 2 saturated heterocycles. The van der Waals surface area contributed by atoms with Crippen LogP contribution in [-0.4, -0.2) is 66.8 Å². The summed E-state index contributed by atoms with van der Waals surface area (Å²) in [5, 5.41) is 0. The molecule has 122 valence electrons. The minimum Gasteiger partial charge on any atom is -0.370 e. The Kier molecular flexibility index (Phi) is 4.33. The van der Waals surface area contributed by atoms with Crippen molar-refractivity contribution in [2.45, 2.75) is 25.4 Å². The van der Waals surface area contributed by atoms with Gasteiger partial charge in [0.2, 0.25) is 16.0 Å². The lowest BCUT2D eigenvalue weighted by atomic mass is 9.91. The van der Waals surface area contributed by atoms with Gasteiger partial charge in [0.05, 0.1) is 24.5 Å². The van der Waals surface area contributed by atoms with Crippen LogP contribution in [0.5, 0.6) is 0 Å². The second-order valence-electron chi connectivity index (χ2n) is 5.84. The van der Waals surface area contributed by atoms with Crippen LogP contribution in [0.3, 0.4) is 0 Å². The van der Waals surface area contributed by atoms with Crippen molar-refractivity contribution in [2.24, 2.45) is 0 Å². The quantitative estimate of drug-likeness (QED) is 0.805. The molecule has 3 rings (SSSR count). The molecule has 2 fully saturated rings. The molecule has 22 heavy (non-hydrogen) atoms. The highest BCUT2D eigenvalue weighted by Gasteiger charge is 2.43. The van der Waals surface area contributed by atoms with Gasteiger partial charge in [-0.05, 0) is 25.8 Å². The molecule has 3 heterocycles. The van der Waals surface area contributed by atoms with Crippen LogP contribution in [0.25, 0.3) is 0 Å². The average molecular weight is 326 g/mol. The molecule has 0 aliphatic carbocycles. The third-order valence-electron chi connectivity index (χ3n) is 4.35. The van der Waals surface area contributed by atoms with Gasteiger partial charge >= 0.3 is 0 Å². The summed E-state index contributed by atoms with van der Waals surface area (Å²) in [7, 11) is -3.18. The van der Waals surface area contributed by atoms with Gasteiger partial charge in [-0.25, -0.2) is 18.4 Å². The average Bonchev–Trinajstić information content (AvgIpc) is 2.56. The molecular formula is C14H22N4O3S. The van der Waals surface area contributed by atoms with Gasteiger partial charge in [-0.2, -0.15) is 4.31 Å². The van der Waals surface area contributed by atoms with Gasteiger partial charge in [0.15, 0.2) is 0 Å². The normalized spacial score (nSPS) is 27.2. The smallest absolute Gasteiger partial charge is 0.225 e. The van der Waals surface area contributed by atoms with Crippen molar-refractivity contribution in [3.63, 3.8) is 0 Å². The summed E-state index contributed by atoms with van der Waals surface area (Å²) in [5.41, 5.74) is -0.446. The molecule has 2 aliphatic rings. The molecule has 1 aromatic heterocycles. The Morgan fingerprint density at radius 3 is 2.77 bits per heavy atom. The molecule has 0 aromatic carbocycles. The Hall–Kier alpha value is -1.25. The molecular weight excluding hydrogens is 304 g/mol. The van der Waals surface area contributed by atoms with E-state index in [1.54, 1.807) is 29.7 Å². The third-order valence-corrected chi connectivity index (χ3v) is 6.17. The highest BCUT2D eigenvalue weighted by atomic mass is 32.2. The molecule has 1 atom stereocenters. The Morgan fingerprint density at radius 1 is 1.27 bits per heavy atom. The predicted octanol–water partition coefficient (Wildman–Crippen LogP) is 0.497. The summed E-state index contributed by atoms with van der Waals surface area (Å²) < 4.78 is 31.9. The second kappa shape index (κ2) is 6.10. The van der Waals surface area contributed by atoms with Crippen LogP contribution < -0.4 is 4.90 Å². The van der Waals surface area contributed by atoms with E-state index < -0.39 is 15.6 Å². The molecule has 0 N–H and O–H groups in total. The molecule has 1 spiro atoms. The standard InChI is InChI=1S/C14H22N4O3S/c1-2-22(19,20)18-9-10-21-14(12-18)5-3-8-17(11-14)13-15-6-4-7-16-13/h4,6-7H,2-3,5,8-12H2,1H3/t14-/m1/s1. The fourth-order valence-electron chi connectivity index (χ4n) is 3.20. The van der Waals surface area contributed by atoms with E-state index in [0.29, 0.717) is 32.2 Å². The van der Waals surface area contributed by atoms with Crippen molar-refractivity contribution in [1.29, 1.82) is 0 Å². The first-order chi connectivity index (χ1) is 10.5. The van der Waals surface area contributed by atoms with Gasteiger partial charge in [0, 0.05) is 32.0 Å². The maximum absolute atomic E-state index is 12.2. The number of anilines is 1. The lowest BCUT2D eigenvalue weighted by molar-refractivity contribution is -0.0951. The summed E-state index contributed by atoms with van der Waals surface area (Å²) in [5.74, 6) is 0.815. The Morgan fingerprint density at radius 2 is 2.05 bits per heavy atom. The van der Waals surface area contributed by atoms with Crippen LogP contribution >= 0.6 is 0 Å². The van der Waals surface area contributed by atoms with Gasteiger partial charge in [0.25, 0.3) is 0 Å². The van der Waals surface area contributed by atoms with E-state index in [2.05, 4.69) is 14.9 Å². The van der Waals surface area contributed by atoms with E-state index in [0.717, 1.165) is 19.4 Å². The van der Waals surface area contributed by atoms with Crippen LogP contribution in [0.1, 0.15) is 19.8 Å². The van der Waals surface area contributed by atoms with Crippen molar-refractivity contribution in [2.75, 3.05) is 43.4 Å². The minimum atomic E-state index is -3.18. The fourth-order valence-corrected chi connectivity index (χ4v) is 4.35. The zero-order chi connectivity index (χ0) is 15.6. The largest absolute Gasteiger partial charge is 0.370 e. The van der Waals surface area contributed by atoms with Gasteiger partial charge < -0.3 is 9.64 Å². The van der Waals surface area contributed by atoms with Gasteiger partial charge in [-0.1, -0.05) is 0 Å². The van der Waals surface area contributed by atoms with E-state index in [9.17, 15) is 8.42 Å². The fraction of sp³-hybridized carbons (Fsp3) is 0.714. The summed E-state index contributed by atoms with van der Waals surface area (Å²) >= 11 is 0. The van der Waals surface area contributed by atoms with Gasteiger partial charge in [-0.15, -0.1) is 0 Å². The number of rotatable bonds is 3. The zero-order valence-electron chi connectivity index (χ0n) is 12.8. The molecule has 0 radical (unpaired) electrons. The maximum Gasteiger partial charge on any atom is 0.225 e. The number of sulfonamides is 1. The molecule has 0 bridgehead atoms. The van der Waals surface area contributed by atoms with Crippen LogP contribution in [-0.2, 0) is 14.8 Å². The molecule has 2 aliphatic heterocycles. The summed E-state index contributed by atoms with van der Waals surface area (Å²) in [6.07, 6.45) is 5.25. The lowest BCUT2D eigenvalue weighted by Crippen LogP contribution is -2.61. The molecule has 0 amide bonds. The van der Waals surface area contributed by atoms with Gasteiger partial charge in [-0.3, -0.25) is 0 Å². The number of aromatic nitrogens is 2. The highest BCUT2D eigenvalue weighted by molar-refractivity contribution is 7.89. The minimum absolute atomic E-state index is 0.134. The summed E-state index contributed by atoms with van der Waals surface area (Å²) in [4.78, 5) is 10.7. The first kappa shape index (κ1) is 15.6. The third kappa shape index (κ3) is 3.09. The molecule has 1 aromatic rings. The number of piperidine rings is 1. The zero-order valence-corrected chi connectivity index (χ0v) is 13.6.